The predicted molar refractivity (Wildman–Crippen MR) is 64.2 cm³/mol. The minimum atomic E-state index is 0.290. The van der Waals surface area contributed by atoms with Crippen LogP contribution in [0.15, 0.2) is 12.1 Å². The number of rotatable bonds is 2. The molecule has 0 radical (unpaired) electrons. The highest BCUT2D eigenvalue weighted by Gasteiger charge is 2.06. The number of anilines is 1. The van der Waals surface area contributed by atoms with E-state index < -0.39 is 0 Å². The minimum absolute atomic E-state index is 0.290. The summed E-state index contributed by atoms with van der Waals surface area (Å²) in [5, 5.41) is 3.81. The third-order valence-electron chi connectivity index (χ3n) is 2.13. The van der Waals surface area contributed by atoms with Gasteiger partial charge in [0.05, 0.1) is 10.2 Å². The van der Waals surface area contributed by atoms with Gasteiger partial charge in [0.25, 0.3) is 6.67 Å². The summed E-state index contributed by atoms with van der Waals surface area (Å²) in [4.78, 5) is 7.68. The Morgan fingerprint density at radius 3 is 3.00 bits per heavy atom. The summed E-state index contributed by atoms with van der Waals surface area (Å²) < 4.78 is 1.20. The van der Waals surface area contributed by atoms with E-state index in [9.17, 15) is 0 Å². The van der Waals surface area contributed by atoms with Gasteiger partial charge in [0, 0.05) is 0 Å². The summed E-state index contributed by atoms with van der Waals surface area (Å²) in [6.07, 6.45) is 0. The van der Waals surface area contributed by atoms with Crippen molar-refractivity contribution < 1.29 is 0 Å². The van der Waals surface area contributed by atoms with E-state index in [1.165, 1.54) is 15.8 Å². The second-order valence-corrected chi connectivity index (χ2v) is 4.44. The molecule has 1 heterocycles. The standard InChI is InChI=1S/C11H11N3S/c1-7-4-8(2)10-9(5-7)14-11(15-10)13-6-12-3/h4-5H,6H2,1-2H3,(H,13,14). The van der Waals surface area contributed by atoms with E-state index in [1.54, 1.807) is 11.3 Å². The Balaban J connectivity index is 2.47. The van der Waals surface area contributed by atoms with E-state index in [1.807, 2.05) is 0 Å². The molecule has 15 heavy (non-hydrogen) atoms. The molecule has 0 fully saturated rings. The number of fused-ring (bicyclic) bond motifs is 1. The van der Waals surface area contributed by atoms with E-state index >= 15 is 0 Å². The van der Waals surface area contributed by atoms with Gasteiger partial charge in [0.1, 0.15) is 0 Å². The van der Waals surface area contributed by atoms with Crippen molar-refractivity contribution in [1.82, 2.24) is 4.98 Å². The Hall–Kier alpha value is -1.60. The molecule has 0 atom stereocenters. The summed E-state index contributed by atoms with van der Waals surface area (Å²) in [6.45, 7) is 11.1. The zero-order chi connectivity index (χ0) is 10.8. The Labute approximate surface area is 92.6 Å². The number of hydrogen-bond acceptors (Lipinski definition) is 3. The van der Waals surface area contributed by atoms with Gasteiger partial charge in [-0.25, -0.2) is 11.6 Å². The van der Waals surface area contributed by atoms with Gasteiger partial charge in [-0.1, -0.05) is 17.4 Å². The highest BCUT2D eigenvalue weighted by atomic mass is 32.1. The molecule has 1 N–H and O–H groups in total. The summed E-state index contributed by atoms with van der Waals surface area (Å²) in [5.41, 5.74) is 3.49. The molecule has 0 amide bonds. The molecule has 0 saturated carbocycles. The topological polar surface area (TPSA) is 29.3 Å². The third kappa shape index (κ3) is 1.92. The second kappa shape index (κ2) is 3.87. The van der Waals surface area contributed by atoms with Gasteiger partial charge in [-0.05, 0) is 31.0 Å². The fraction of sp³-hybridized carbons (Fsp3) is 0.273. The molecule has 2 aromatic rings. The molecule has 1 aromatic carbocycles. The van der Waals surface area contributed by atoms with Crippen molar-refractivity contribution in [3.8, 4) is 0 Å². The first-order chi connectivity index (χ1) is 7.20. The molecule has 76 valence electrons. The first kappa shape index (κ1) is 9.94. The van der Waals surface area contributed by atoms with Gasteiger partial charge < -0.3 is 0 Å². The van der Waals surface area contributed by atoms with Crippen molar-refractivity contribution in [3.63, 3.8) is 0 Å². The lowest BCUT2D eigenvalue weighted by atomic mass is 10.1. The third-order valence-corrected chi connectivity index (χ3v) is 3.29. The Kier molecular flexibility index (Phi) is 2.57. The van der Waals surface area contributed by atoms with Gasteiger partial charge >= 0.3 is 0 Å². The monoisotopic (exact) mass is 217 g/mol. The van der Waals surface area contributed by atoms with Crippen LogP contribution in [-0.2, 0) is 0 Å². The van der Waals surface area contributed by atoms with E-state index in [0.717, 1.165) is 10.6 Å². The van der Waals surface area contributed by atoms with Crippen molar-refractivity contribution in [3.05, 3.63) is 34.7 Å². The summed E-state index contributed by atoms with van der Waals surface area (Å²) in [5.74, 6) is 0. The average molecular weight is 217 g/mol. The molecular weight excluding hydrogens is 206 g/mol. The normalized spacial score (nSPS) is 10.2. The molecule has 0 aliphatic carbocycles. The number of aryl methyl sites for hydroxylation is 2. The summed E-state index contributed by atoms with van der Waals surface area (Å²) in [6, 6.07) is 4.22. The first-order valence-electron chi connectivity index (χ1n) is 4.65. The molecular formula is C11H11N3S. The molecule has 0 bridgehead atoms. The SMILES string of the molecule is [C-]#[N+]CNc1nc2cc(C)cc(C)c2s1. The van der Waals surface area contributed by atoms with Gasteiger partial charge in [0.2, 0.25) is 0 Å². The lowest BCUT2D eigenvalue weighted by Gasteiger charge is -1.95. The maximum absolute atomic E-state index is 6.70. The van der Waals surface area contributed by atoms with Crippen LogP contribution in [0.5, 0.6) is 0 Å². The largest absolute Gasteiger partial charge is 0.295 e. The van der Waals surface area contributed by atoms with Crippen LogP contribution in [0.3, 0.4) is 0 Å². The predicted octanol–water partition coefficient (Wildman–Crippen LogP) is 3.20. The highest BCUT2D eigenvalue weighted by molar-refractivity contribution is 7.22. The van der Waals surface area contributed by atoms with E-state index in [-0.39, 0.29) is 6.67 Å². The molecule has 0 spiro atoms. The lowest BCUT2D eigenvalue weighted by Crippen LogP contribution is -1.94. The van der Waals surface area contributed by atoms with Crippen molar-refractivity contribution in [2.45, 2.75) is 13.8 Å². The highest BCUT2D eigenvalue weighted by Crippen LogP contribution is 2.29. The number of aromatic nitrogens is 1. The fourth-order valence-electron chi connectivity index (χ4n) is 1.56. The molecule has 3 nitrogen and oxygen atoms in total. The van der Waals surface area contributed by atoms with Crippen LogP contribution >= 0.6 is 11.3 Å². The van der Waals surface area contributed by atoms with Gasteiger partial charge in [-0.2, -0.15) is 0 Å². The first-order valence-corrected chi connectivity index (χ1v) is 5.47. The quantitative estimate of drug-likeness (QED) is 0.783. The Morgan fingerprint density at radius 2 is 2.27 bits per heavy atom. The zero-order valence-corrected chi connectivity index (χ0v) is 9.48. The minimum Gasteiger partial charge on any atom is -0.295 e. The van der Waals surface area contributed by atoms with E-state index in [0.29, 0.717) is 0 Å². The van der Waals surface area contributed by atoms with Gasteiger partial charge in [0.15, 0.2) is 5.13 Å². The Morgan fingerprint density at radius 1 is 1.47 bits per heavy atom. The van der Waals surface area contributed by atoms with E-state index in [4.69, 9.17) is 6.57 Å². The van der Waals surface area contributed by atoms with Crippen LogP contribution in [0.4, 0.5) is 5.13 Å². The molecule has 0 unspecified atom stereocenters. The number of benzene rings is 1. The number of nitrogens with zero attached hydrogens (tertiary/aromatic N) is 2. The molecule has 0 aliphatic heterocycles. The summed E-state index contributed by atoms with van der Waals surface area (Å²) in [7, 11) is 0. The van der Waals surface area contributed by atoms with Crippen molar-refractivity contribution in [1.29, 1.82) is 0 Å². The van der Waals surface area contributed by atoms with Gasteiger partial charge in [-0.3, -0.25) is 10.2 Å². The van der Waals surface area contributed by atoms with Crippen LogP contribution in [0.25, 0.3) is 15.1 Å². The fourth-order valence-corrected chi connectivity index (χ4v) is 2.46. The summed E-state index contributed by atoms with van der Waals surface area (Å²) >= 11 is 1.61. The number of thiazole rings is 1. The number of hydrogen-bond donors (Lipinski definition) is 1. The van der Waals surface area contributed by atoms with Crippen molar-refractivity contribution in [2.75, 3.05) is 12.0 Å². The second-order valence-electron chi connectivity index (χ2n) is 3.44. The molecule has 2 rings (SSSR count). The average Bonchev–Trinajstić information content (AvgIpc) is 2.57. The van der Waals surface area contributed by atoms with Crippen LogP contribution in [0, 0.1) is 20.4 Å². The van der Waals surface area contributed by atoms with Crippen molar-refractivity contribution >= 4 is 26.7 Å². The molecule has 0 aliphatic rings. The number of nitrogens with one attached hydrogen (secondary N) is 1. The molecule has 4 heteroatoms. The zero-order valence-electron chi connectivity index (χ0n) is 8.66. The van der Waals surface area contributed by atoms with Crippen LogP contribution in [-0.4, -0.2) is 11.7 Å². The Bertz CT molecular complexity index is 536. The molecule has 1 aromatic heterocycles. The molecule has 0 saturated heterocycles. The van der Waals surface area contributed by atoms with Crippen LogP contribution in [0.2, 0.25) is 0 Å². The lowest BCUT2D eigenvalue weighted by molar-refractivity contribution is 1.29. The smallest absolute Gasteiger partial charge is 0.288 e. The van der Waals surface area contributed by atoms with Crippen LogP contribution < -0.4 is 5.32 Å². The van der Waals surface area contributed by atoms with E-state index in [2.05, 4.69) is 41.1 Å². The maximum atomic E-state index is 6.70. The van der Waals surface area contributed by atoms with Crippen LogP contribution in [0.1, 0.15) is 11.1 Å². The maximum Gasteiger partial charge on any atom is 0.288 e. The van der Waals surface area contributed by atoms with Crippen molar-refractivity contribution in [2.24, 2.45) is 0 Å². The van der Waals surface area contributed by atoms with Gasteiger partial charge in [-0.15, -0.1) is 0 Å².